The van der Waals surface area contributed by atoms with Crippen molar-refractivity contribution in [1.29, 1.82) is 0 Å². The Morgan fingerprint density at radius 2 is 2.23 bits per heavy atom. The first-order chi connectivity index (χ1) is 12.6. The first-order valence-electron chi connectivity index (χ1n) is 9.71. The van der Waals surface area contributed by atoms with Gasteiger partial charge < -0.3 is 10.6 Å². The van der Waals surface area contributed by atoms with Gasteiger partial charge in [0.1, 0.15) is 12.4 Å². The Balaban J connectivity index is 1.41. The monoisotopic (exact) mass is 359 g/mol. The van der Waals surface area contributed by atoms with Crippen molar-refractivity contribution < 1.29 is 9.63 Å². The molecule has 5 N–H and O–H groups in total. The summed E-state index contributed by atoms with van der Waals surface area (Å²) in [5.74, 6) is 0.110. The van der Waals surface area contributed by atoms with Crippen molar-refractivity contribution in [2.75, 3.05) is 6.67 Å². The Morgan fingerprint density at radius 3 is 3.00 bits per heavy atom. The quantitative estimate of drug-likeness (QED) is 0.550. The molecule has 1 aromatic carbocycles. The number of hydroxylamine groups is 1. The minimum atomic E-state index is -0.107. The molecule has 3 aliphatic rings. The number of nitrogens with one attached hydrogen (secondary N) is 5. The number of carbonyl (C=O) groups excluding carboxylic acids is 1. The minimum Gasteiger partial charge on any atom is -0.348 e. The molecule has 26 heavy (non-hydrogen) atoms. The number of aryl methyl sites for hydroxylation is 1. The van der Waals surface area contributed by atoms with Crippen LogP contribution in [-0.4, -0.2) is 30.9 Å². The topological polar surface area (TPSA) is 86.5 Å². The van der Waals surface area contributed by atoms with Crippen LogP contribution in [0.2, 0.25) is 0 Å². The number of amides is 1. The summed E-state index contributed by atoms with van der Waals surface area (Å²) in [7, 11) is 0. The fourth-order valence-electron chi connectivity index (χ4n) is 4.09. The number of hydrogen-bond acceptors (Lipinski definition) is 6. The molecule has 2 heterocycles. The summed E-state index contributed by atoms with van der Waals surface area (Å²) < 4.78 is 0. The number of benzene rings is 1. The molecule has 1 aromatic rings. The van der Waals surface area contributed by atoms with E-state index in [9.17, 15) is 4.79 Å². The van der Waals surface area contributed by atoms with E-state index in [4.69, 9.17) is 4.84 Å². The van der Waals surface area contributed by atoms with E-state index in [0.717, 1.165) is 25.7 Å². The summed E-state index contributed by atoms with van der Waals surface area (Å²) in [4.78, 5) is 18.1. The molecule has 2 fully saturated rings. The Bertz CT molecular complexity index is 667. The third-order valence-corrected chi connectivity index (χ3v) is 5.65. The van der Waals surface area contributed by atoms with E-state index in [0.29, 0.717) is 12.7 Å². The first-order valence-corrected chi connectivity index (χ1v) is 9.71. The van der Waals surface area contributed by atoms with Crippen LogP contribution in [0.3, 0.4) is 0 Å². The Labute approximate surface area is 154 Å². The minimum absolute atomic E-state index is 0.0271. The largest absolute Gasteiger partial charge is 0.348 e. The van der Waals surface area contributed by atoms with Crippen LogP contribution in [0.1, 0.15) is 62.0 Å². The average Bonchev–Trinajstić information content (AvgIpc) is 3.28. The van der Waals surface area contributed by atoms with E-state index < -0.39 is 0 Å². The molecule has 5 atom stereocenters. The molecular formula is C19H29N5O2. The summed E-state index contributed by atoms with van der Waals surface area (Å²) in [6, 6.07) is 6.89. The molecule has 0 saturated carbocycles. The van der Waals surface area contributed by atoms with Crippen molar-refractivity contribution >= 4 is 5.91 Å². The van der Waals surface area contributed by atoms with Gasteiger partial charge in [-0.25, -0.2) is 0 Å². The van der Waals surface area contributed by atoms with Gasteiger partial charge in [0.25, 0.3) is 0 Å². The van der Waals surface area contributed by atoms with Crippen molar-refractivity contribution in [3.8, 4) is 0 Å². The molecule has 2 aliphatic heterocycles. The molecule has 4 unspecified atom stereocenters. The zero-order chi connectivity index (χ0) is 18.1. The molecule has 4 rings (SSSR count). The molecule has 7 heteroatoms. The molecule has 2 saturated heterocycles. The molecule has 0 aromatic heterocycles. The van der Waals surface area contributed by atoms with Crippen LogP contribution >= 0.6 is 0 Å². The smallest absolute Gasteiger partial charge is 0.237 e. The van der Waals surface area contributed by atoms with Crippen molar-refractivity contribution in [1.82, 2.24) is 26.7 Å². The summed E-state index contributed by atoms with van der Waals surface area (Å²) in [6.07, 6.45) is 3.78. The summed E-state index contributed by atoms with van der Waals surface area (Å²) in [6.45, 7) is 4.90. The van der Waals surface area contributed by atoms with Crippen LogP contribution in [0.4, 0.5) is 0 Å². The summed E-state index contributed by atoms with van der Waals surface area (Å²) in [5, 5.41) is 13.2. The van der Waals surface area contributed by atoms with Crippen LogP contribution in [-0.2, 0) is 16.1 Å². The third-order valence-electron chi connectivity index (χ3n) is 5.65. The zero-order valence-electron chi connectivity index (χ0n) is 15.5. The lowest BCUT2D eigenvalue weighted by Gasteiger charge is -2.29. The number of hydrogen-bond donors (Lipinski definition) is 5. The highest BCUT2D eigenvalue weighted by atomic mass is 16.7. The van der Waals surface area contributed by atoms with Gasteiger partial charge in [-0.05, 0) is 49.3 Å². The van der Waals surface area contributed by atoms with E-state index in [1.165, 1.54) is 16.7 Å². The van der Waals surface area contributed by atoms with Crippen LogP contribution in [0.5, 0.6) is 0 Å². The predicted molar refractivity (Wildman–Crippen MR) is 98.8 cm³/mol. The van der Waals surface area contributed by atoms with Gasteiger partial charge in [0.15, 0.2) is 0 Å². The Hall–Kier alpha value is -1.51. The van der Waals surface area contributed by atoms with Crippen molar-refractivity contribution in [2.45, 2.75) is 70.0 Å². The number of rotatable bonds is 4. The summed E-state index contributed by atoms with van der Waals surface area (Å²) >= 11 is 0. The van der Waals surface area contributed by atoms with Crippen LogP contribution in [0.25, 0.3) is 0 Å². The second-order valence-electron chi connectivity index (χ2n) is 7.56. The maximum absolute atomic E-state index is 12.6. The third kappa shape index (κ3) is 3.63. The molecular weight excluding hydrogens is 330 g/mol. The van der Waals surface area contributed by atoms with Crippen LogP contribution in [0.15, 0.2) is 18.2 Å². The lowest BCUT2D eigenvalue weighted by molar-refractivity contribution is -0.124. The highest BCUT2D eigenvalue weighted by Crippen LogP contribution is 2.33. The molecule has 7 nitrogen and oxygen atoms in total. The maximum Gasteiger partial charge on any atom is 0.237 e. The molecule has 1 amide bonds. The SMILES string of the molecule is CCC1NC(c2ccc3c(c2)CC[C@H]3NC(=O)C2CC(C)NCN2)NO1. The average molecular weight is 359 g/mol. The standard InChI is InChI=1S/C19H29N5O2/c1-3-17-23-18(24-26-17)13-4-6-14-12(9-13)5-7-15(14)22-19(25)16-8-11(2)20-10-21-16/h4,6,9,11,15-18,20-21,23-24H,3,5,7-8,10H2,1-2H3,(H,22,25)/t11?,15-,16?,17?,18?/m1/s1. The molecule has 0 radical (unpaired) electrons. The zero-order valence-corrected chi connectivity index (χ0v) is 15.5. The van der Waals surface area contributed by atoms with Crippen LogP contribution < -0.4 is 26.7 Å². The second-order valence-corrected chi connectivity index (χ2v) is 7.56. The van der Waals surface area contributed by atoms with Gasteiger partial charge in [0.05, 0.1) is 12.1 Å². The second kappa shape index (κ2) is 7.62. The van der Waals surface area contributed by atoms with Crippen molar-refractivity contribution in [3.63, 3.8) is 0 Å². The van der Waals surface area contributed by atoms with Gasteiger partial charge in [0.2, 0.25) is 5.91 Å². The fourth-order valence-corrected chi connectivity index (χ4v) is 4.09. The van der Waals surface area contributed by atoms with Gasteiger partial charge in [-0.15, -0.1) is 0 Å². The lowest BCUT2D eigenvalue weighted by atomic mass is 10.0. The van der Waals surface area contributed by atoms with Gasteiger partial charge in [0, 0.05) is 12.7 Å². The number of carbonyl (C=O) groups is 1. The normalized spacial score (nSPS) is 33.8. The Kier molecular flexibility index (Phi) is 5.24. The van der Waals surface area contributed by atoms with E-state index in [-0.39, 0.29) is 30.4 Å². The summed E-state index contributed by atoms with van der Waals surface area (Å²) in [5.41, 5.74) is 6.81. The Morgan fingerprint density at radius 1 is 1.35 bits per heavy atom. The van der Waals surface area contributed by atoms with E-state index in [2.05, 4.69) is 58.8 Å². The maximum atomic E-state index is 12.6. The molecule has 0 bridgehead atoms. The van der Waals surface area contributed by atoms with Gasteiger partial charge in [-0.2, -0.15) is 5.48 Å². The van der Waals surface area contributed by atoms with Gasteiger partial charge in [-0.3, -0.25) is 20.3 Å². The lowest BCUT2D eigenvalue weighted by Crippen LogP contribution is -2.55. The highest BCUT2D eigenvalue weighted by molar-refractivity contribution is 5.82. The van der Waals surface area contributed by atoms with Crippen molar-refractivity contribution in [2.24, 2.45) is 0 Å². The number of fused-ring (bicyclic) bond motifs is 1. The molecule has 1 aliphatic carbocycles. The molecule has 142 valence electrons. The van der Waals surface area contributed by atoms with E-state index >= 15 is 0 Å². The van der Waals surface area contributed by atoms with Crippen LogP contribution in [0, 0.1) is 0 Å². The highest BCUT2D eigenvalue weighted by Gasteiger charge is 2.30. The van der Waals surface area contributed by atoms with E-state index in [1.807, 2.05) is 0 Å². The fraction of sp³-hybridized carbons (Fsp3) is 0.632. The van der Waals surface area contributed by atoms with Gasteiger partial charge in [-0.1, -0.05) is 25.1 Å². The predicted octanol–water partition coefficient (Wildman–Crippen LogP) is 0.947. The first kappa shape index (κ1) is 17.9. The van der Waals surface area contributed by atoms with Gasteiger partial charge >= 0.3 is 0 Å². The van der Waals surface area contributed by atoms with Crippen molar-refractivity contribution in [3.05, 3.63) is 34.9 Å². The molecule has 0 spiro atoms. The van der Waals surface area contributed by atoms with E-state index in [1.54, 1.807) is 0 Å².